The maximum atomic E-state index is 10.7. The fourth-order valence-electron chi connectivity index (χ4n) is 2.05. The molecule has 2 aromatic carbocycles. The maximum absolute atomic E-state index is 10.7. The first kappa shape index (κ1) is 14.6. The van der Waals surface area contributed by atoms with Crippen LogP contribution in [0.15, 0.2) is 72.8 Å². The molecule has 1 amide bonds. The van der Waals surface area contributed by atoms with Gasteiger partial charge in [-0.15, -0.1) is 0 Å². The van der Waals surface area contributed by atoms with Crippen LogP contribution < -0.4 is 15.2 Å². The Morgan fingerprint density at radius 1 is 0.826 bits per heavy atom. The van der Waals surface area contributed by atoms with Gasteiger partial charge in [0.2, 0.25) is 5.88 Å². The van der Waals surface area contributed by atoms with E-state index < -0.39 is 6.09 Å². The lowest BCUT2D eigenvalue weighted by molar-refractivity contribution is 0.211. The van der Waals surface area contributed by atoms with Gasteiger partial charge in [0.1, 0.15) is 11.5 Å². The largest absolute Gasteiger partial charge is 0.439 e. The van der Waals surface area contributed by atoms with E-state index >= 15 is 0 Å². The van der Waals surface area contributed by atoms with Crippen molar-refractivity contribution in [3.63, 3.8) is 0 Å². The van der Waals surface area contributed by atoms with Crippen LogP contribution in [0, 0.1) is 0 Å². The molecule has 1 aromatic heterocycles. The number of hydrogen-bond donors (Lipinski definition) is 1. The van der Waals surface area contributed by atoms with Crippen molar-refractivity contribution in [3.8, 4) is 28.6 Å². The Kier molecular flexibility index (Phi) is 4.20. The number of amides is 1. The van der Waals surface area contributed by atoms with Crippen molar-refractivity contribution < 1.29 is 14.3 Å². The van der Waals surface area contributed by atoms with E-state index in [9.17, 15) is 4.79 Å². The number of benzene rings is 2. The van der Waals surface area contributed by atoms with E-state index in [2.05, 4.69) is 4.98 Å². The molecular formula is C18H14N2O3. The van der Waals surface area contributed by atoms with E-state index in [4.69, 9.17) is 15.2 Å². The number of aromatic nitrogens is 1. The molecule has 2 N–H and O–H groups in total. The quantitative estimate of drug-likeness (QED) is 0.790. The Morgan fingerprint density at radius 3 is 2.26 bits per heavy atom. The van der Waals surface area contributed by atoms with Crippen molar-refractivity contribution in [2.45, 2.75) is 0 Å². The Hall–Kier alpha value is -3.34. The summed E-state index contributed by atoms with van der Waals surface area (Å²) in [5.41, 5.74) is 6.61. The number of nitrogens with zero attached hydrogens (tertiary/aromatic N) is 1. The molecule has 5 heteroatoms. The van der Waals surface area contributed by atoms with E-state index in [0.29, 0.717) is 11.6 Å². The van der Waals surface area contributed by atoms with Crippen molar-refractivity contribution in [1.29, 1.82) is 0 Å². The smallest absolute Gasteiger partial charge is 0.409 e. The SMILES string of the molecule is NC(=O)Oc1ccc(-c2cccc(Oc3ccccc3)n2)cc1. The average Bonchev–Trinajstić information content (AvgIpc) is 2.56. The summed E-state index contributed by atoms with van der Waals surface area (Å²) in [4.78, 5) is 15.2. The minimum absolute atomic E-state index is 0.387. The molecule has 114 valence electrons. The third kappa shape index (κ3) is 3.85. The molecule has 0 saturated heterocycles. The van der Waals surface area contributed by atoms with Crippen LogP contribution in [-0.4, -0.2) is 11.1 Å². The van der Waals surface area contributed by atoms with Gasteiger partial charge in [0.15, 0.2) is 0 Å². The van der Waals surface area contributed by atoms with Crippen LogP contribution in [0.3, 0.4) is 0 Å². The topological polar surface area (TPSA) is 74.4 Å². The van der Waals surface area contributed by atoms with Crippen LogP contribution in [0.2, 0.25) is 0 Å². The molecule has 3 rings (SSSR count). The van der Waals surface area contributed by atoms with Crippen molar-refractivity contribution >= 4 is 6.09 Å². The second-order valence-electron chi connectivity index (χ2n) is 4.72. The van der Waals surface area contributed by atoms with Crippen LogP contribution in [0.5, 0.6) is 17.4 Å². The van der Waals surface area contributed by atoms with Gasteiger partial charge in [0, 0.05) is 11.6 Å². The normalized spacial score (nSPS) is 10.1. The first-order chi connectivity index (χ1) is 11.2. The van der Waals surface area contributed by atoms with Crippen LogP contribution in [0.1, 0.15) is 0 Å². The molecule has 0 radical (unpaired) electrons. The second-order valence-corrected chi connectivity index (χ2v) is 4.72. The summed E-state index contributed by atoms with van der Waals surface area (Å²) in [6, 6.07) is 21.9. The second kappa shape index (κ2) is 6.62. The minimum atomic E-state index is -0.839. The van der Waals surface area contributed by atoms with E-state index in [1.807, 2.05) is 42.5 Å². The number of rotatable bonds is 4. The fourth-order valence-corrected chi connectivity index (χ4v) is 2.05. The molecule has 0 unspecified atom stereocenters. The standard InChI is InChI=1S/C18H14N2O3/c19-18(21)23-15-11-9-13(10-12-15)16-7-4-8-17(20-16)22-14-5-2-1-3-6-14/h1-12H,(H2,19,21). The molecule has 0 saturated carbocycles. The van der Waals surface area contributed by atoms with Gasteiger partial charge in [-0.05, 0) is 42.5 Å². The maximum Gasteiger partial charge on any atom is 0.409 e. The monoisotopic (exact) mass is 306 g/mol. The molecule has 0 aliphatic rings. The lowest BCUT2D eigenvalue weighted by Crippen LogP contribution is -2.16. The first-order valence-electron chi connectivity index (χ1n) is 6.98. The summed E-state index contributed by atoms with van der Waals surface area (Å²) in [6.07, 6.45) is -0.839. The van der Waals surface area contributed by atoms with Gasteiger partial charge in [0.05, 0.1) is 5.69 Å². The van der Waals surface area contributed by atoms with E-state index in [1.54, 1.807) is 30.3 Å². The van der Waals surface area contributed by atoms with Crippen LogP contribution in [0.4, 0.5) is 4.79 Å². The van der Waals surface area contributed by atoms with E-state index in [-0.39, 0.29) is 0 Å². The number of nitrogens with two attached hydrogens (primary N) is 1. The summed E-state index contributed by atoms with van der Waals surface area (Å²) >= 11 is 0. The number of ether oxygens (including phenoxy) is 2. The number of hydrogen-bond acceptors (Lipinski definition) is 4. The summed E-state index contributed by atoms with van der Waals surface area (Å²) < 4.78 is 10.5. The number of pyridine rings is 1. The highest BCUT2D eigenvalue weighted by Gasteiger charge is 2.04. The van der Waals surface area contributed by atoms with Crippen LogP contribution in [0.25, 0.3) is 11.3 Å². The first-order valence-corrected chi connectivity index (χ1v) is 6.98. The van der Waals surface area contributed by atoms with Gasteiger partial charge in [-0.2, -0.15) is 0 Å². The molecule has 0 spiro atoms. The Labute approximate surface area is 133 Å². The van der Waals surface area contributed by atoms with Crippen molar-refractivity contribution in [2.24, 2.45) is 5.73 Å². The summed E-state index contributed by atoms with van der Waals surface area (Å²) in [5, 5.41) is 0. The third-order valence-electron chi connectivity index (χ3n) is 3.06. The number of carbonyl (C=O) groups is 1. The molecule has 3 aromatic rings. The van der Waals surface area contributed by atoms with Crippen molar-refractivity contribution in [1.82, 2.24) is 4.98 Å². The van der Waals surface area contributed by atoms with Gasteiger partial charge < -0.3 is 15.2 Å². The number of carbonyl (C=O) groups excluding carboxylic acids is 1. The zero-order chi connectivity index (χ0) is 16.1. The molecule has 23 heavy (non-hydrogen) atoms. The van der Waals surface area contributed by atoms with Crippen molar-refractivity contribution in [2.75, 3.05) is 0 Å². The lowest BCUT2D eigenvalue weighted by atomic mass is 10.1. The van der Waals surface area contributed by atoms with Gasteiger partial charge in [0.25, 0.3) is 0 Å². The van der Waals surface area contributed by atoms with Crippen LogP contribution in [-0.2, 0) is 0 Å². The van der Waals surface area contributed by atoms with Gasteiger partial charge >= 0.3 is 6.09 Å². The molecule has 0 atom stereocenters. The highest BCUT2D eigenvalue weighted by atomic mass is 16.5. The molecule has 0 aliphatic heterocycles. The molecule has 0 bridgehead atoms. The Bertz CT molecular complexity index is 802. The third-order valence-corrected chi connectivity index (χ3v) is 3.06. The zero-order valence-corrected chi connectivity index (χ0v) is 12.2. The molecule has 1 heterocycles. The summed E-state index contributed by atoms with van der Waals surface area (Å²) in [6.45, 7) is 0. The molecule has 5 nitrogen and oxygen atoms in total. The van der Waals surface area contributed by atoms with Crippen molar-refractivity contribution in [3.05, 3.63) is 72.8 Å². The predicted octanol–water partition coefficient (Wildman–Crippen LogP) is 4.00. The van der Waals surface area contributed by atoms with Crippen LogP contribution >= 0.6 is 0 Å². The number of para-hydroxylation sites is 1. The fraction of sp³-hybridized carbons (Fsp3) is 0. The van der Waals surface area contributed by atoms with Gasteiger partial charge in [-0.1, -0.05) is 24.3 Å². The zero-order valence-electron chi connectivity index (χ0n) is 12.2. The van der Waals surface area contributed by atoms with E-state index in [1.165, 1.54) is 0 Å². The minimum Gasteiger partial charge on any atom is -0.439 e. The summed E-state index contributed by atoms with van der Waals surface area (Å²) in [5.74, 6) is 1.62. The number of primary amides is 1. The van der Waals surface area contributed by atoms with Gasteiger partial charge in [-0.25, -0.2) is 9.78 Å². The Balaban J connectivity index is 1.80. The lowest BCUT2D eigenvalue weighted by Gasteiger charge is -2.07. The molecular weight excluding hydrogens is 292 g/mol. The predicted molar refractivity (Wildman–Crippen MR) is 86.4 cm³/mol. The van der Waals surface area contributed by atoms with E-state index in [0.717, 1.165) is 17.0 Å². The average molecular weight is 306 g/mol. The molecule has 0 aliphatic carbocycles. The van der Waals surface area contributed by atoms with Gasteiger partial charge in [-0.3, -0.25) is 0 Å². The Morgan fingerprint density at radius 2 is 1.57 bits per heavy atom. The highest BCUT2D eigenvalue weighted by molar-refractivity contribution is 5.69. The summed E-state index contributed by atoms with van der Waals surface area (Å²) in [7, 11) is 0. The molecule has 0 fully saturated rings. The highest BCUT2D eigenvalue weighted by Crippen LogP contribution is 2.25.